The molecule has 0 aliphatic heterocycles. The summed E-state index contributed by atoms with van der Waals surface area (Å²) >= 11 is 0. The van der Waals surface area contributed by atoms with Crippen LogP contribution in [0.3, 0.4) is 0 Å². The first kappa shape index (κ1) is 14.6. The van der Waals surface area contributed by atoms with Gasteiger partial charge in [-0.1, -0.05) is 55.5 Å². The van der Waals surface area contributed by atoms with Gasteiger partial charge >= 0.3 is 0 Å². The minimum absolute atomic E-state index is 0.938. The van der Waals surface area contributed by atoms with Crippen LogP contribution in [0.15, 0.2) is 54.6 Å². The van der Waals surface area contributed by atoms with E-state index >= 15 is 0 Å². The van der Waals surface area contributed by atoms with E-state index in [4.69, 9.17) is 4.74 Å². The molecule has 2 nitrogen and oxygen atoms in total. The summed E-state index contributed by atoms with van der Waals surface area (Å²) in [5.74, 6) is 0.977. The van der Waals surface area contributed by atoms with Gasteiger partial charge < -0.3 is 4.74 Å². The van der Waals surface area contributed by atoms with Crippen LogP contribution in [0, 0.1) is 0 Å². The summed E-state index contributed by atoms with van der Waals surface area (Å²) in [7, 11) is 1.74. The molecular weight excluding hydrogens is 246 g/mol. The zero-order valence-corrected chi connectivity index (χ0v) is 12.4. The lowest BCUT2D eigenvalue weighted by atomic mass is 10.1. The molecule has 0 bridgehead atoms. The standard InChI is InChI=1S/C18H23NO/c1-3-19(14-13-16-9-5-4-6-10-16)15-17-11-7-8-12-18(17)20-2/h4-12H,3,13-15H2,1-2H3. The van der Waals surface area contributed by atoms with Gasteiger partial charge in [-0.05, 0) is 24.6 Å². The van der Waals surface area contributed by atoms with Crippen LogP contribution in [0.2, 0.25) is 0 Å². The Hall–Kier alpha value is -1.80. The largest absolute Gasteiger partial charge is 0.496 e. The lowest BCUT2D eigenvalue weighted by molar-refractivity contribution is 0.278. The van der Waals surface area contributed by atoms with E-state index in [1.54, 1.807) is 7.11 Å². The van der Waals surface area contributed by atoms with Crippen molar-refractivity contribution in [2.24, 2.45) is 0 Å². The molecule has 0 spiro atoms. The lowest BCUT2D eigenvalue weighted by Crippen LogP contribution is -2.25. The summed E-state index contributed by atoms with van der Waals surface area (Å²) in [4.78, 5) is 2.45. The third kappa shape index (κ3) is 4.10. The summed E-state index contributed by atoms with van der Waals surface area (Å²) in [5, 5.41) is 0. The van der Waals surface area contributed by atoms with Crippen molar-refractivity contribution in [3.8, 4) is 5.75 Å². The molecule has 106 valence electrons. The predicted molar refractivity (Wildman–Crippen MR) is 84.1 cm³/mol. The second-order valence-electron chi connectivity index (χ2n) is 4.92. The molecule has 0 aliphatic carbocycles. The molecule has 0 fully saturated rings. The van der Waals surface area contributed by atoms with Crippen LogP contribution in [0.25, 0.3) is 0 Å². The van der Waals surface area contributed by atoms with Gasteiger partial charge in [-0.3, -0.25) is 4.90 Å². The number of rotatable bonds is 7. The van der Waals surface area contributed by atoms with Crippen molar-refractivity contribution < 1.29 is 4.74 Å². The van der Waals surface area contributed by atoms with Crippen molar-refractivity contribution in [2.75, 3.05) is 20.2 Å². The van der Waals surface area contributed by atoms with E-state index < -0.39 is 0 Å². The molecule has 2 heteroatoms. The van der Waals surface area contributed by atoms with Gasteiger partial charge in [0.2, 0.25) is 0 Å². The van der Waals surface area contributed by atoms with Gasteiger partial charge in [-0.25, -0.2) is 0 Å². The van der Waals surface area contributed by atoms with Crippen LogP contribution in [0.1, 0.15) is 18.1 Å². The van der Waals surface area contributed by atoms with Gasteiger partial charge in [-0.15, -0.1) is 0 Å². The quantitative estimate of drug-likeness (QED) is 0.759. The van der Waals surface area contributed by atoms with Gasteiger partial charge in [0.15, 0.2) is 0 Å². The summed E-state index contributed by atoms with van der Waals surface area (Å²) in [6.07, 6.45) is 1.09. The topological polar surface area (TPSA) is 12.5 Å². The fourth-order valence-electron chi connectivity index (χ4n) is 2.36. The number of hydrogen-bond donors (Lipinski definition) is 0. The van der Waals surface area contributed by atoms with Crippen LogP contribution in [-0.2, 0) is 13.0 Å². The van der Waals surface area contributed by atoms with Crippen LogP contribution in [0.4, 0.5) is 0 Å². The van der Waals surface area contributed by atoms with Gasteiger partial charge in [0.05, 0.1) is 7.11 Å². The van der Waals surface area contributed by atoms with Crippen molar-refractivity contribution in [2.45, 2.75) is 19.9 Å². The molecule has 0 atom stereocenters. The number of ether oxygens (including phenoxy) is 1. The third-order valence-corrected chi connectivity index (χ3v) is 3.59. The number of nitrogens with zero attached hydrogens (tertiary/aromatic N) is 1. The molecule has 0 aromatic heterocycles. The van der Waals surface area contributed by atoms with Crippen molar-refractivity contribution in [1.82, 2.24) is 4.90 Å². The SMILES string of the molecule is CCN(CCc1ccccc1)Cc1ccccc1OC. The van der Waals surface area contributed by atoms with Gasteiger partial charge in [0.1, 0.15) is 5.75 Å². The maximum atomic E-state index is 5.43. The molecule has 0 N–H and O–H groups in total. The maximum Gasteiger partial charge on any atom is 0.123 e. The highest BCUT2D eigenvalue weighted by Gasteiger charge is 2.07. The maximum absolute atomic E-state index is 5.43. The highest BCUT2D eigenvalue weighted by atomic mass is 16.5. The highest BCUT2D eigenvalue weighted by Crippen LogP contribution is 2.19. The lowest BCUT2D eigenvalue weighted by Gasteiger charge is -2.21. The normalized spacial score (nSPS) is 10.8. The molecule has 0 saturated heterocycles. The average molecular weight is 269 g/mol. The Balaban J connectivity index is 1.95. The van der Waals surface area contributed by atoms with Crippen molar-refractivity contribution in [3.63, 3.8) is 0 Å². The van der Waals surface area contributed by atoms with E-state index in [9.17, 15) is 0 Å². The van der Waals surface area contributed by atoms with Crippen molar-refractivity contribution in [1.29, 1.82) is 0 Å². The predicted octanol–water partition coefficient (Wildman–Crippen LogP) is 3.76. The molecule has 0 heterocycles. The van der Waals surface area contributed by atoms with E-state index in [2.05, 4.69) is 54.3 Å². The first-order valence-electron chi connectivity index (χ1n) is 7.21. The molecule has 0 unspecified atom stereocenters. The number of benzene rings is 2. The first-order valence-corrected chi connectivity index (χ1v) is 7.21. The second kappa shape index (κ2) is 7.71. The molecule has 2 rings (SSSR count). The Morgan fingerprint density at radius 1 is 0.950 bits per heavy atom. The zero-order chi connectivity index (χ0) is 14.2. The third-order valence-electron chi connectivity index (χ3n) is 3.59. The van der Waals surface area contributed by atoms with Gasteiger partial charge in [0.25, 0.3) is 0 Å². The van der Waals surface area contributed by atoms with E-state index in [-0.39, 0.29) is 0 Å². The summed E-state index contributed by atoms with van der Waals surface area (Å²) < 4.78 is 5.43. The number of hydrogen-bond acceptors (Lipinski definition) is 2. The van der Waals surface area contributed by atoms with E-state index in [0.29, 0.717) is 0 Å². The summed E-state index contributed by atoms with van der Waals surface area (Å²) in [6.45, 7) is 5.26. The highest BCUT2D eigenvalue weighted by molar-refractivity contribution is 5.33. The van der Waals surface area contributed by atoms with Crippen LogP contribution in [-0.4, -0.2) is 25.1 Å². The molecule has 2 aromatic carbocycles. The Morgan fingerprint density at radius 3 is 2.35 bits per heavy atom. The summed E-state index contributed by atoms with van der Waals surface area (Å²) in [6, 6.07) is 18.9. The fourth-order valence-corrected chi connectivity index (χ4v) is 2.36. The Labute approximate surface area is 122 Å². The van der Waals surface area contributed by atoms with Crippen LogP contribution >= 0.6 is 0 Å². The molecule has 2 aromatic rings. The van der Waals surface area contributed by atoms with E-state index in [1.165, 1.54) is 11.1 Å². The molecule has 20 heavy (non-hydrogen) atoms. The Morgan fingerprint density at radius 2 is 1.65 bits per heavy atom. The number of methoxy groups -OCH3 is 1. The van der Waals surface area contributed by atoms with Crippen LogP contribution in [0.5, 0.6) is 5.75 Å². The minimum atomic E-state index is 0.938. The minimum Gasteiger partial charge on any atom is -0.496 e. The van der Waals surface area contributed by atoms with Gasteiger partial charge in [0, 0.05) is 18.7 Å². The van der Waals surface area contributed by atoms with Crippen molar-refractivity contribution >= 4 is 0 Å². The molecule has 0 aliphatic rings. The molecule has 0 amide bonds. The smallest absolute Gasteiger partial charge is 0.123 e. The Kier molecular flexibility index (Phi) is 5.63. The molecule has 0 radical (unpaired) electrons. The molecule has 0 saturated carbocycles. The molecular formula is C18H23NO. The average Bonchev–Trinajstić information content (AvgIpc) is 2.52. The number of likely N-dealkylation sites (N-methyl/N-ethyl adjacent to an activating group) is 1. The summed E-state index contributed by atoms with van der Waals surface area (Å²) in [5.41, 5.74) is 2.65. The van der Waals surface area contributed by atoms with Crippen molar-refractivity contribution in [3.05, 3.63) is 65.7 Å². The second-order valence-corrected chi connectivity index (χ2v) is 4.92. The van der Waals surface area contributed by atoms with Crippen LogP contribution < -0.4 is 4.74 Å². The van der Waals surface area contributed by atoms with Gasteiger partial charge in [-0.2, -0.15) is 0 Å². The monoisotopic (exact) mass is 269 g/mol. The Bertz CT molecular complexity index is 510. The zero-order valence-electron chi connectivity index (χ0n) is 12.4. The number of para-hydroxylation sites is 1. The first-order chi connectivity index (χ1) is 9.83. The van der Waals surface area contributed by atoms with E-state index in [0.717, 1.165) is 31.8 Å². The van der Waals surface area contributed by atoms with E-state index in [1.807, 2.05) is 12.1 Å². The fraction of sp³-hybridized carbons (Fsp3) is 0.333.